The fourth-order valence-electron chi connectivity index (χ4n) is 2.61. The van der Waals surface area contributed by atoms with Crippen molar-refractivity contribution in [3.8, 4) is 0 Å². The van der Waals surface area contributed by atoms with Gasteiger partial charge in [-0.25, -0.2) is 4.79 Å². The maximum Gasteiger partial charge on any atom is 0.341 e. The number of rotatable bonds is 4. The minimum Gasteiger partial charge on any atom is -0.477 e. The highest BCUT2D eigenvalue weighted by atomic mass is 16.5. The van der Waals surface area contributed by atoms with Crippen molar-refractivity contribution in [1.82, 2.24) is 4.57 Å². The molecule has 5 nitrogen and oxygen atoms in total. The monoisotopic (exact) mass is 265 g/mol. The Balaban J connectivity index is 2.26. The minimum absolute atomic E-state index is 0.127. The molecule has 0 spiro atoms. The van der Waals surface area contributed by atoms with Crippen LogP contribution in [-0.4, -0.2) is 28.4 Å². The van der Waals surface area contributed by atoms with Gasteiger partial charge in [-0.2, -0.15) is 0 Å². The molecule has 0 bridgehead atoms. The second-order valence-electron chi connectivity index (χ2n) is 5.03. The molecule has 2 heterocycles. The zero-order valence-electron chi connectivity index (χ0n) is 11.3. The lowest BCUT2D eigenvalue weighted by atomic mass is 10.1. The van der Waals surface area contributed by atoms with Crippen LogP contribution in [0.5, 0.6) is 0 Å². The van der Waals surface area contributed by atoms with E-state index < -0.39 is 11.5 Å². The molecule has 1 atom stereocenters. The SMILES string of the molecule is Cc1cc(C)n(CCC2CCCO2)c(=O)c1C(=O)O. The highest BCUT2D eigenvalue weighted by Crippen LogP contribution is 2.16. The number of carboxylic acid groups (broad SMARTS) is 1. The Morgan fingerprint density at radius 2 is 2.26 bits per heavy atom. The molecule has 5 heteroatoms. The maximum absolute atomic E-state index is 12.2. The van der Waals surface area contributed by atoms with E-state index >= 15 is 0 Å². The zero-order chi connectivity index (χ0) is 14.0. The van der Waals surface area contributed by atoms with Crippen LogP contribution < -0.4 is 5.56 Å². The number of hydrogen-bond donors (Lipinski definition) is 1. The van der Waals surface area contributed by atoms with Gasteiger partial charge in [-0.15, -0.1) is 0 Å². The van der Waals surface area contributed by atoms with Crippen LogP contribution in [0, 0.1) is 13.8 Å². The molecule has 19 heavy (non-hydrogen) atoms. The molecule has 1 aliphatic heterocycles. The number of aromatic carboxylic acids is 1. The predicted octanol–water partition coefficient (Wildman–Crippen LogP) is 1.73. The Bertz CT molecular complexity index is 541. The van der Waals surface area contributed by atoms with Crippen LogP contribution in [0.2, 0.25) is 0 Å². The number of hydrogen-bond acceptors (Lipinski definition) is 3. The Labute approximate surface area is 111 Å². The van der Waals surface area contributed by atoms with Crippen molar-refractivity contribution < 1.29 is 14.6 Å². The number of carboxylic acids is 1. The molecule has 0 aromatic carbocycles. The van der Waals surface area contributed by atoms with E-state index in [0.29, 0.717) is 12.1 Å². The smallest absolute Gasteiger partial charge is 0.341 e. The quantitative estimate of drug-likeness (QED) is 0.900. The van der Waals surface area contributed by atoms with Crippen molar-refractivity contribution in [2.75, 3.05) is 6.61 Å². The van der Waals surface area contributed by atoms with Crippen LogP contribution in [0.25, 0.3) is 0 Å². The molecule has 1 unspecified atom stereocenters. The van der Waals surface area contributed by atoms with Gasteiger partial charge in [-0.1, -0.05) is 0 Å². The third kappa shape index (κ3) is 2.87. The first-order chi connectivity index (χ1) is 9.00. The van der Waals surface area contributed by atoms with Gasteiger partial charge in [0.1, 0.15) is 5.56 Å². The lowest BCUT2D eigenvalue weighted by molar-refractivity contribution is 0.0693. The molecule has 1 aliphatic rings. The maximum atomic E-state index is 12.2. The highest BCUT2D eigenvalue weighted by Gasteiger charge is 2.19. The van der Waals surface area contributed by atoms with E-state index in [1.165, 1.54) is 4.57 Å². The molecule has 1 saturated heterocycles. The largest absolute Gasteiger partial charge is 0.477 e. The van der Waals surface area contributed by atoms with E-state index in [-0.39, 0.29) is 11.7 Å². The first-order valence-electron chi connectivity index (χ1n) is 6.56. The summed E-state index contributed by atoms with van der Waals surface area (Å²) in [5.74, 6) is -1.16. The van der Waals surface area contributed by atoms with Crippen molar-refractivity contribution in [1.29, 1.82) is 0 Å². The van der Waals surface area contributed by atoms with Crippen LogP contribution in [0.4, 0.5) is 0 Å². The first kappa shape index (κ1) is 13.8. The van der Waals surface area contributed by atoms with Crippen LogP contribution in [0.1, 0.15) is 40.9 Å². The molecule has 1 N–H and O–H groups in total. The molecule has 2 rings (SSSR count). The van der Waals surface area contributed by atoms with E-state index in [4.69, 9.17) is 9.84 Å². The zero-order valence-corrected chi connectivity index (χ0v) is 11.3. The van der Waals surface area contributed by atoms with Gasteiger partial charge in [0.15, 0.2) is 0 Å². The van der Waals surface area contributed by atoms with E-state index in [1.807, 2.05) is 6.92 Å². The van der Waals surface area contributed by atoms with Gasteiger partial charge in [0, 0.05) is 18.8 Å². The number of ether oxygens (including phenoxy) is 1. The molecule has 0 amide bonds. The summed E-state index contributed by atoms with van der Waals surface area (Å²) in [6.45, 7) is 4.78. The van der Waals surface area contributed by atoms with Gasteiger partial charge >= 0.3 is 5.97 Å². The highest BCUT2D eigenvalue weighted by molar-refractivity contribution is 5.88. The van der Waals surface area contributed by atoms with Crippen molar-refractivity contribution in [3.63, 3.8) is 0 Å². The summed E-state index contributed by atoms with van der Waals surface area (Å²) in [6, 6.07) is 1.75. The van der Waals surface area contributed by atoms with E-state index in [9.17, 15) is 9.59 Å². The fraction of sp³-hybridized carbons (Fsp3) is 0.571. The summed E-state index contributed by atoms with van der Waals surface area (Å²) in [6.07, 6.45) is 3.03. The number of aryl methyl sites for hydroxylation is 2. The average molecular weight is 265 g/mol. The Hall–Kier alpha value is -1.62. The summed E-state index contributed by atoms with van der Waals surface area (Å²) in [5, 5.41) is 9.10. The van der Waals surface area contributed by atoms with Gasteiger partial charge in [-0.05, 0) is 44.7 Å². The number of carbonyl (C=O) groups is 1. The molecule has 1 fully saturated rings. The predicted molar refractivity (Wildman–Crippen MR) is 70.7 cm³/mol. The van der Waals surface area contributed by atoms with Gasteiger partial charge in [0.2, 0.25) is 0 Å². The topological polar surface area (TPSA) is 68.5 Å². The molecular weight excluding hydrogens is 246 g/mol. The Morgan fingerprint density at radius 1 is 1.53 bits per heavy atom. The second-order valence-corrected chi connectivity index (χ2v) is 5.03. The fourth-order valence-corrected chi connectivity index (χ4v) is 2.61. The molecule has 1 aromatic rings. The summed E-state index contributed by atoms with van der Waals surface area (Å²) in [7, 11) is 0. The molecule has 104 valence electrons. The van der Waals surface area contributed by atoms with Gasteiger partial charge in [0.05, 0.1) is 6.10 Å². The van der Waals surface area contributed by atoms with Crippen LogP contribution in [0.15, 0.2) is 10.9 Å². The Morgan fingerprint density at radius 3 is 2.84 bits per heavy atom. The summed E-state index contributed by atoms with van der Waals surface area (Å²) in [5.41, 5.74) is 0.773. The van der Waals surface area contributed by atoms with E-state index in [0.717, 1.165) is 31.6 Å². The normalized spacial score (nSPS) is 18.7. The number of nitrogens with zero attached hydrogens (tertiary/aromatic N) is 1. The summed E-state index contributed by atoms with van der Waals surface area (Å²) < 4.78 is 7.06. The minimum atomic E-state index is -1.16. The van der Waals surface area contributed by atoms with Crippen molar-refractivity contribution in [2.24, 2.45) is 0 Å². The second kappa shape index (κ2) is 5.57. The van der Waals surface area contributed by atoms with E-state index in [1.54, 1.807) is 13.0 Å². The standard InChI is InChI=1S/C14H19NO4/c1-9-8-10(2)15(13(16)12(9)14(17)18)6-5-11-4-3-7-19-11/h8,11H,3-7H2,1-2H3,(H,17,18). The lowest BCUT2D eigenvalue weighted by Crippen LogP contribution is -2.30. The van der Waals surface area contributed by atoms with E-state index in [2.05, 4.69) is 0 Å². The van der Waals surface area contributed by atoms with Crippen molar-refractivity contribution in [3.05, 3.63) is 33.2 Å². The third-order valence-electron chi connectivity index (χ3n) is 3.62. The Kier molecular flexibility index (Phi) is 4.04. The molecular formula is C14H19NO4. The van der Waals surface area contributed by atoms with Crippen LogP contribution in [-0.2, 0) is 11.3 Å². The number of aromatic nitrogens is 1. The third-order valence-corrected chi connectivity index (χ3v) is 3.62. The van der Waals surface area contributed by atoms with Crippen LogP contribution >= 0.6 is 0 Å². The van der Waals surface area contributed by atoms with Crippen molar-refractivity contribution in [2.45, 2.75) is 45.8 Å². The summed E-state index contributed by atoms with van der Waals surface area (Å²) in [4.78, 5) is 23.3. The van der Waals surface area contributed by atoms with Gasteiger partial charge < -0.3 is 14.4 Å². The first-order valence-corrected chi connectivity index (χ1v) is 6.56. The lowest BCUT2D eigenvalue weighted by Gasteiger charge is -2.15. The average Bonchev–Trinajstić information content (AvgIpc) is 2.80. The molecule has 0 saturated carbocycles. The van der Waals surface area contributed by atoms with Crippen LogP contribution in [0.3, 0.4) is 0 Å². The van der Waals surface area contributed by atoms with Gasteiger partial charge in [0.25, 0.3) is 5.56 Å². The van der Waals surface area contributed by atoms with Gasteiger partial charge in [-0.3, -0.25) is 4.79 Å². The molecule has 1 aromatic heterocycles. The number of pyridine rings is 1. The summed E-state index contributed by atoms with van der Waals surface area (Å²) >= 11 is 0. The molecule has 0 radical (unpaired) electrons. The van der Waals surface area contributed by atoms with Crippen molar-refractivity contribution >= 4 is 5.97 Å². The molecule has 0 aliphatic carbocycles.